The van der Waals surface area contributed by atoms with Crippen molar-refractivity contribution in [1.82, 2.24) is 5.32 Å². The number of hydrogen-bond donors (Lipinski definition) is 1. The molecule has 2 fully saturated rings. The van der Waals surface area contributed by atoms with Crippen LogP contribution in [0.15, 0.2) is 22.7 Å². The van der Waals surface area contributed by atoms with Crippen LogP contribution in [0.3, 0.4) is 0 Å². The highest BCUT2D eigenvalue weighted by Gasteiger charge is 2.45. The van der Waals surface area contributed by atoms with E-state index in [1.807, 2.05) is 12.1 Å². The van der Waals surface area contributed by atoms with Gasteiger partial charge in [0.05, 0.1) is 5.69 Å². The number of piperazine rings is 1. The van der Waals surface area contributed by atoms with Gasteiger partial charge in [0.1, 0.15) is 5.82 Å². The molecule has 1 N–H and O–H groups in total. The van der Waals surface area contributed by atoms with Gasteiger partial charge in [0.15, 0.2) is 0 Å². The van der Waals surface area contributed by atoms with E-state index in [-0.39, 0.29) is 11.4 Å². The molecule has 4 heteroatoms. The molecule has 104 valence electrons. The third-order valence-corrected chi connectivity index (χ3v) is 5.02. The van der Waals surface area contributed by atoms with Crippen molar-refractivity contribution in [2.45, 2.75) is 38.3 Å². The lowest BCUT2D eigenvalue weighted by Crippen LogP contribution is -2.63. The molecule has 2 aliphatic rings. The number of halogens is 2. The summed E-state index contributed by atoms with van der Waals surface area (Å²) in [6.45, 7) is 6.24. The molecule has 0 bridgehead atoms. The van der Waals surface area contributed by atoms with Gasteiger partial charge in [-0.05, 0) is 50.8 Å². The van der Waals surface area contributed by atoms with Crippen LogP contribution in [-0.4, -0.2) is 24.7 Å². The lowest BCUT2D eigenvalue weighted by atomic mass is 9.91. The Kier molecular flexibility index (Phi) is 3.34. The van der Waals surface area contributed by atoms with Crippen molar-refractivity contribution in [3.63, 3.8) is 0 Å². The average Bonchev–Trinajstić information content (AvgIpc) is 3.17. The van der Waals surface area contributed by atoms with E-state index in [0.717, 1.165) is 29.2 Å². The first-order valence-corrected chi connectivity index (χ1v) is 7.75. The molecule has 1 saturated heterocycles. The Bertz CT molecular complexity index is 489. The molecule has 0 amide bonds. The fourth-order valence-corrected chi connectivity index (χ4v) is 3.42. The summed E-state index contributed by atoms with van der Waals surface area (Å²) in [4.78, 5) is 2.22. The standard InChI is InChI=1S/C15H20BrFN2/c1-10-8-18-15(2,11-3-4-11)9-19(10)14-6-5-12(16)7-13(14)17/h5-7,10-11,18H,3-4,8-9H2,1-2H3. The van der Waals surface area contributed by atoms with Gasteiger partial charge in [0.25, 0.3) is 0 Å². The van der Waals surface area contributed by atoms with Crippen LogP contribution in [-0.2, 0) is 0 Å². The second-order valence-electron chi connectivity index (χ2n) is 6.15. The number of anilines is 1. The number of nitrogens with zero attached hydrogens (tertiary/aromatic N) is 1. The molecule has 0 spiro atoms. The number of benzene rings is 1. The van der Waals surface area contributed by atoms with Crippen molar-refractivity contribution >= 4 is 21.6 Å². The van der Waals surface area contributed by atoms with E-state index in [1.54, 1.807) is 6.07 Å². The van der Waals surface area contributed by atoms with E-state index in [0.29, 0.717) is 6.04 Å². The van der Waals surface area contributed by atoms with Crippen LogP contribution in [0.4, 0.5) is 10.1 Å². The minimum atomic E-state index is -0.138. The van der Waals surface area contributed by atoms with Crippen molar-refractivity contribution in [3.05, 3.63) is 28.5 Å². The molecular formula is C15H20BrFN2. The smallest absolute Gasteiger partial charge is 0.147 e. The van der Waals surface area contributed by atoms with Crippen LogP contribution in [0.25, 0.3) is 0 Å². The quantitative estimate of drug-likeness (QED) is 0.894. The highest BCUT2D eigenvalue weighted by Crippen LogP contribution is 2.42. The summed E-state index contributed by atoms with van der Waals surface area (Å²) in [6.07, 6.45) is 2.60. The van der Waals surface area contributed by atoms with E-state index in [2.05, 4.69) is 40.0 Å². The minimum absolute atomic E-state index is 0.131. The van der Waals surface area contributed by atoms with Crippen LogP contribution in [0.1, 0.15) is 26.7 Å². The molecule has 1 aliphatic carbocycles. The summed E-state index contributed by atoms with van der Waals surface area (Å²) in [5.74, 6) is 0.613. The summed E-state index contributed by atoms with van der Waals surface area (Å²) in [5.41, 5.74) is 0.857. The molecular weight excluding hydrogens is 307 g/mol. The van der Waals surface area contributed by atoms with Gasteiger partial charge in [-0.25, -0.2) is 4.39 Å². The van der Waals surface area contributed by atoms with Crippen molar-refractivity contribution in [3.8, 4) is 0 Å². The Balaban J connectivity index is 1.88. The highest BCUT2D eigenvalue weighted by molar-refractivity contribution is 9.10. The first-order valence-electron chi connectivity index (χ1n) is 6.96. The van der Waals surface area contributed by atoms with Crippen molar-refractivity contribution in [2.24, 2.45) is 5.92 Å². The number of nitrogens with one attached hydrogen (secondary N) is 1. The molecule has 19 heavy (non-hydrogen) atoms. The van der Waals surface area contributed by atoms with Crippen LogP contribution in [0.2, 0.25) is 0 Å². The summed E-state index contributed by atoms with van der Waals surface area (Å²) in [7, 11) is 0. The Labute approximate surface area is 122 Å². The summed E-state index contributed by atoms with van der Waals surface area (Å²) >= 11 is 3.32. The largest absolute Gasteiger partial charge is 0.363 e. The minimum Gasteiger partial charge on any atom is -0.363 e. The molecule has 0 radical (unpaired) electrons. The van der Waals surface area contributed by atoms with Gasteiger partial charge in [0, 0.05) is 29.1 Å². The van der Waals surface area contributed by atoms with Gasteiger partial charge in [0.2, 0.25) is 0 Å². The lowest BCUT2D eigenvalue weighted by molar-refractivity contribution is 0.259. The van der Waals surface area contributed by atoms with E-state index < -0.39 is 0 Å². The van der Waals surface area contributed by atoms with Gasteiger partial charge in [-0.15, -0.1) is 0 Å². The average molecular weight is 327 g/mol. The Morgan fingerprint density at radius 2 is 2.16 bits per heavy atom. The second-order valence-corrected chi connectivity index (χ2v) is 7.06. The zero-order chi connectivity index (χ0) is 13.6. The molecule has 1 saturated carbocycles. The Morgan fingerprint density at radius 3 is 2.79 bits per heavy atom. The van der Waals surface area contributed by atoms with E-state index in [1.165, 1.54) is 12.8 Å². The van der Waals surface area contributed by atoms with Crippen LogP contribution in [0.5, 0.6) is 0 Å². The molecule has 1 heterocycles. The van der Waals surface area contributed by atoms with Crippen LogP contribution >= 0.6 is 15.9 Å². The van der Waals surface area contributed by atoms with Crippen LogP contribution in [0, 0.1) is 11.7 Å². The molecule has 0 aromatic heterocycles. The molecule has 3 rings (SSSR count). The number of hydrogen-bond acceptors (Lipinski definition) is 2. The van der Waals surface area contributed by atoms with Gasteiger partial charge >= 0.3 is 0 Å². The third-order valence-electron chi connectivity index (χ3n) is 4.53. The summed E-state index contributed by atoms with van der Waals surface area (Å²) < 4.78 is 15.0. The SMILES string of the molecule is CC1CNC(C)(C2CC2)CN1c1ccc(Br)cc1F. The van der Waals surface area contributed by atoms with E-state index >= 15 is 0 Å². The third kappa shape index (κ3) is 2.52. The van der Waals surface area contributed by atoms with Gasteiger partial charge in [-0.2, -0.15) is 0 Å². The Hall–Kier alpha value is -0.610. The fourth-order valence-electron chi connectivity index (χ4n) is 3.09. The molecule has 1 aromatic carbocycles. The van der Waals surface area contributed by atoms with Crippen molar-refractivity contribution < 1.29 is 4.39 Å². The van der Waals surface area contributed by atoms with E-state index in [9.17, 15) is 4.39 Å². The second kappa shape index (κ2) is 4.74. The highest BCUT2D eigenvalue weighted by atomic mass is 79.9. The zero-order valence-corrected chi connectivity index (χ0v) is 13.0. The predicted molar refractivity (Wildman–Crippen MR) is 80.0 cm³/mol. The maximum absolute atomic E-state index is 14.2. The van der Waals surface area contributed by atoms with Crippen molar-refractivity contribution in [2.75, 3.05) is 18.0 Å². The molecule has 1 aromatic rings. The van der Waals surface area contributed by atoms with Crippen molar-refractivity contribution in [1.29, 1.82) is 0 Å². The summed E-state index contributed by atoms with van der Waals surface area (Å²) in [6, 6.07) is 5.68. The van der Waals surface area contributed by atoms with Gasteiger partial charge < -0.3 is 10.2 Å². The van der Waals surface area contributed by atoms with Gasteiger partial charge in [-0.3, -0.25) is 0 Å². The number of rotatable bonds is 2. The first kappa shape index (κ1) is 13.4. The monoisotopic (exact) mass is 326 g/mol. The molecule has 2 atom stereocenters. The maximum Gasteiger partial charge on any atom is 0.147 e. The topological polar surface area (TPSA) is 15.3 Å². The zero-order valence-electron chi connectivity index (χ0n) is 11.4. The first-order chi connectivity index (χ1) is 8.99. The molecule has 2 nitrogen and oxygen atoms in total. The normalized spacial score (nSPS) is 31.6. The van der Waals surface area contributed by atoms with Crippen LogP contribution < -0.4 is 10.2 Å². The maximum atomic E-state index is 14.2. The molecule has 2 unspecified atom stereocenters. The van der Waals surface area contributed by atoms with E-state index in [4.69, 9.17) is 0 Å². The lowest BCUT2D eigenvalue weighted by Gasteiger charge is -2.47. The van der Waals surface area contributed by atoms with Gasteiger partial charge in [-0.1, -0.05) is 15.9 Å². The summed E-state index contributed by atoms with van der Waals surface area (Å²) in [5, 5.41) is 3.66. The predicted octanol–water partition coefficient (Wildman–Crippen LogP) is 3.56. The molecule has 1 aliphatic heterocycles. The Morgan fingerprint density at radius 1 is 1.42 bits per heavy atom. The fraction of sp³-hybridized carbons (Fsp3) is 0.600.